The van der Waals surface area contributed by atoms with E-state index >= 15 is 0 Å². The highest BCUT2D eigenvalue weighted by molar-refractivity contribution is 5.86. The summed E-state index contributed by atoms with van der Waals surface area (Å²) in [5.41, 5.74) is 2.21. The predicted molar refractivity (Wildman–Crippen MR) is 73.8 cm³/mol. The van der Waals surface area contributed by atoms with E-state index in [1.54, 1.807) is 0 Å². The van der Waals surface area contributed by atoms with Crippen LogP contribution in [0.4, 0.5) is 0 Å². The molecule has 0 radical (unpaired) electrons. The van der Waals surface area contributed by atoms with Gasteiger partial charge in [-0.3, -0.25) is 9.59 Å². The number of carbonyl (C=O) groups is 3. The highest BCUT2D eigenvalue weighted by Gasteiger charge is 2.30. The third-order valence-electron chi connectivity index (χ3n) is 3.68. The molecule has 1 aromatic carbocycles. The van der Waals surface area contributed by atoms with Gasteiger partial charge in [0.1, 0.15) is 6.04 Å². The summed E-state index contributed by atoms with van der Waals surface area (Å²) >= 11 is 0. The van der Waals surface area contributed by atoms with Crippen molar-refractivity contribution in [2.24, 2.45) is 5.92 Å². The van der Waals surface area contributed by atoms with Crippen LogP contribution in [0.1, 0.15) is 24.0 Å². The molecule has 1 amide bonds. The van der Waals surface area contributed by atoms with E-state index in [1.165, 1.54) is 0 Å². The first kappa shape index (κ1) is 15.0. The van der Waals surface area contributed by atoms with Gasteiger partial charge in [0.15, 0.2) is 0 Å². The molecule has 1 aromatic rings. The fraction of sp³-hybridized carbons (Fsp3) is 0.400. The SMILES string of the molecule is O=C(O)CCC(NC(=O)C1Cc2ccccc2C1)C(=O)O. The lowest BCUT2D eigenvalue weighted by Gasteiger charge is -2.16. The number of amides is 1. The normalized spacial score (nSPS) is 15.2. The molecule has 1 aliphatic carbocycles. The number of carboxylic acid groups (broad SMARTS) is 2. The highest BCUT2D eigenvalue weighted by Crippen LogP contribution is 2.26. The van der Waals surface area contributed by atoms with Crippen molar-refractivity contribution in [2.45, 2.75) is 31.7 Å². The van der Waals surface area contributed by atoms with Gasteiger partial charge in [0.25, 0.3) is 0 Å². The van der Waals surface area contributed by atoms with E-state index in [-0.39, 0.29) is 24.7 Å². The number of hydrogen-bond donors (Lipinski definition) is 3. The molecule has 0 aromatic heterocycles. The van der Waals surface area contributed by atoms with Gasteiger partial charge < -0.3 is 15.5 Å². The van der Waals surface area contributed by atoms with Crippen LogP contribution in [0, 0.1) is 5.92 Å². The Hall–Kier alpha value is -2.37. The summed E-state index contributed by atoms with van der Waals surface area (Å²) in [5, 5.41) is 20.1. The maximum atomic E-state index is 12.2. The van der Waals surface area contributed by atoms with Crippen molar-refractivity contribution in [2.75, 3.05) is 0 Å². The van der Waals surface area contributed by atoms with E-state index in [4.69, 9.17) is 10.2 Å². The van der Waals surface area contributed by atoms with E-state index in [0.717, 1.165) is 11.1 Å². The Morgan fingerprint density at radius 1 is 1.14 bits per heavy atom. The molecular formula is C15H17NO5. The van der Waals surface area contributed by atoms with Crippen molar-refractivity contribution in [1.29, 1.82) is 0 Å². The van der Waals surface area contributed by atoms with Crippen LogP contribution in [0.15, 0.2) is 24.3 Å². The van der Waals surface area contributed by atoms with E-state index in [0.29, 0.717) is 12.8 Å². The molecule has 0 saturated carbocycles. The number of aliphatic carboxylic acids is 2. The fourth-order valence-electron chi connectivity index (χ4n) is 2.56. The zero-order chi connectivity index (χ0) is 15.4. The van der Waals surface area contributed by atoms with Gasteiger partial charge in [-0.2, -0.15) is 0 Å². The van der Waals surface area contributed by atoms with Crippen LogP contribution in [-0.2, 0) is 27.2 Å². The molecule has 0 heterocycles. The lowest BCUT2D eigenvalue weighted by Crippen LogP contribution is -2.44. The van der Waals surface area contributed by atoms with Crippen molar-refractivity contribution in [3.8, 4) is 0 Å². The molecule has 0 aliphatic heterocycles. The van der Waals surface area contributed by atoms with Crippen LogP contribution in [-0.4, -0.2) is 34.1 Å². The monoisotopic (exact) mass is 291 g/mol. The summed E-state index contributed by atoms with van der Waals surface area (Å²) in [7, 11) is 0. The zero-order valence-corrected chi connectivity index (χ0v) is 11.4. The summed E-state index contributed by atoms with van der Waals surface area (Å²) in [6, 6.07) is 6.58. The molecule has 1 atom stereocenters. The number of rotatable bonds is 6. The molecule has 0 saturated heterocycles. The second-order valence-corrected chi connectivity index (χ2v) is 5.21. The molecule has 6 nitrogen and oxygen atoms in total. The third kappa shape index (κ3) is 3.81. The van der Waals surface area contributed by atoms with Gasteiger partial charge in [0.05, 0.1) is 0 Å². The second kappa shape index (κ2) is 6.39. The number of fused-ring (bicyclic) bond motifs is 1. The maximum Gasteiger partial charge on any atom is 0.326 e. The Labute approximate surface area is 121 Å². The molecule has 0 fully saturated rings. The van der Waals surface area contributed by atoms with Gasteiger partial charge in [-0.05, 0) is 30.4 Å². The number of carboxylic acids is 2. The van der Waals surface area contributed by atoms with Crippen molar-refractivity contribution < 1.29 is 24.6 Å². The molecule has 2 rings (SSSR count). The van der Waals surface area contributed by atoms with E-state index < -0.39 is 18.0 Å². The highest BCUT2D eigenvalue weighted by atomic mass is 16.4. The minimum Gasteiger partial charge on any atom is -0.481 e. The number of carbonyl (C=O) groups excluding carboxylic acids is 1. The lowest BCUT2D eigenvalue weighted by atomic mass is 10.0. The molecule has 1 aliphatic rings. The van der Waals surface area contributed by atoms with Gasteiger partial charge in [0, 0.05) is 12.3 Å². The second-order valence-electron chi connectivity index (χ2n) is 5.21. The Morgan fingerprint density at radius 3 is 2.19 bits per heavy atom. The van der Waals surface area contributed by atoms with Gasteiger partial charge in [0.2, 0.25) is 5.91 Å². The third-order valence-corrected chi connectivity index (χ3v) is 3.68. The molecule has 0 bridgehead atoms. The first-order valence-electron chi connectivity index (χ1n) is 6.79. The summed E-state index contributed by atoms with van der Waals surface area (Å²) in [6.07, 6.45) is 0.777. The molecule has 21 heavy (non-hydrogen) atoms. The minimum absolute atomic E-state index is 0.115. The number of benzene rings is 1. The van der Waals surface area contributed by atoms with Crippen LogP contribution in [0.3, 0.4) is 0 Å². The predicted octanol–water partition coefficient (Wildman–Crippen LogP) is 0.836. The molecule has 112 valence electrons. The van der Waals surface area contributed by atoms with Crippen molar-refractivity contribution in [1.82, 2.24) is 5.32 Å². The first-order chi connectivity index (χ1) is 9.97. The topological polar surface area (TPSA) is 104 Å². The van der Waals surface area contributed by atoms with Gasteiger partial charge in [-0.25, -0.2) is 4.79 Å². The summed E-state index contributed by atoms with van der Waals surface area (Å²) in [6.45, 7) is 0. The maximum absolute atomic E-state index is 12.2. The van der Waals surface area contributed by atoms with E-state index in [9.17, 15) is 14.4 Å². The van der Waals surface area contributed by atoms with Crippen LogP contribution in [0.5, 0.6) is 0 Å². The van der Waals surface area contributed by atoms with Crippen molar-refractivity contribution in [3.63, 3.8) is 0 Å². The molecule has 1 unspecified atom stereocenters. The molecular weight excluding hydrogens is 274 g/mol. The van der Waals surface area contributed by atoms with Gasteiger partial charge >= 0.3 is 11.9 Å². The largest absolute Gasteiger partial charge is 0.481 e. The van der Waals surface area contributed by atoms with Crippen LogP contribution >= 0.6 is 0 Å². The lowest BCUT2D eigenvalue weighted by molar-refractivity contribution is -0.143. The Kier molecular flexibility index (Phi) is 4.57. The van der Waals surface area contributed by atoms with Crippen LogP contribution < -0.4 is 5.32 Å². The number of nitrogens with one attached hydrogen (secondary N) is 1. The molecule has 6 heteroatoms. The fourth-order valence-corrected chi connectivity index (χ4v) is 2.56. The average molecular weight is 291 g/mol. The molecule has 3 N–H and O–H groups in total. The van der Waals surface area contributed by atoms with E-state index in [1.807, 2.05) is 24.3 Å². The minimum atomic E-state index is -1.21. The summed E-state index contributed by atoms with van der Waals surface area (Å²) in [4.78, 5) is 33.7. The molecule has 0 spiro atoms. The van der Waals surface area contributed by atoms with E-state index in [2.05, 4.69) is 5.32 Å². The summed E-state index contributed by atoms with van der Waals surface area (Å²) in [5.74, 6) is -2.90. The van der Waals surface area contributed by atoms with Crippen LogP contribution in [0.25, 0.3) is 0 Å². The van der Waals surface area contributed by atoms with Crippen molar-refractivity contribution >= 4 is 17.8 Å². The summed E-state index contributed by atoms with van der Waals surface area (Å²) < 4.78 is 0. The standard InChI is InChI=1S/C15H17NO5/c17-13(18)6-5-12(15(20)21)16-14(19)11-7-9-3-1-2-4-10(9)8-11/h1-4,11-12H,5-8H2,(H,16,19)(H,17,18)(H,20,21). The first-order valence-corrected chi connectivity index (χ1v) is 6.79. The average Bonchev–Trinajstić information content (AvgIpc) is 2.86. The van der Waals surface area contributed by atoms with Gasteiger partial charge in [-0.1, -0.05) is 24.3 Å². The Morgan fingerprint density at radius 2 is 1.71 bits per heavy atom. The van der Waals surface area contributed by atoms with Crippen molar-refractivity contribution in [3.05, 3.63) is 35.4 Å². The van der Waals surface area contributed by atoms with Gasteiger partial charge in [-0.15, -0.1) is 0 Å². The zero-order valence-electron chi connectivity index (χ0n) is 11.4. The Balaban J connectivity index is 1.94. The quantitative estimate of drug-likeness (QED) is 0.720. The van der Waals surface area contributed by atoms with Crippen LogP contribution in [0.2, 0.25) is 0 Å². The number of hydrogen-bond acceptors (Lipinski definition) is 3. The Bertz CT molecular complexity index is 544. The smallest absolute Gasteiger partial charge is 0.326 e.